The first-order chi connectivity index (χ1) is 9.00. The summed E-state index contributed by atoms with van der Waals surface area (Å²) in [4.78, 5) is 14.2. The maximum atomic E-state index is 12.5. The molecule has 0 aliphatic carbocycles. The number of hydrogen-bond acceptors (Lipinski definition) is 1. The molecule has 100 valence electrons. The first-order valence-electron chi connectivity index (χ1n) is 6.14. The fraction of sp³-hybridized carbons (Fsp3) is 0.267. The molecule has 0 saturated heterocycles. The maximum absolute atomic E-state index is 12.5. The van der Waals surface area contributed by atoms with E-state index in [9.17, 15) is 4.79 Å². The lowest BCUT2D eigenvalue weighted by molar-refractivity contribution is 0.0733. The molecule has 0 radical (unpaired) electrons. The minimum absolute atomic E-state index is 0.0181. The van der Waals surface area contributed by atoms with Crippen molar-refractivity contribution in [3.63, 3.8) is 0 Å². The fourth-order valence-corrected chi connectivity index (χ4v) is 2.57. The predicted molar refractivity (Wildman–Crippen MR) is 80.1 cm³/mol. The molecule has 2 aromatic rings. The largest absolute Gasteiger partial charge is 0.345 e. The van der Waals surface area contributed by atoms with Crippen LogP contribution in [0.15, 0.2) is 47.1 Å². The second kappa shape index (κ2) is 5.61. The van der Waals surface area contributed by atoms with E-state index >= 15 is 0 Å². The van der Waals surface area contributed by atoms with Crippen molar-refractivity contribution in [1.82, 2.24) is 9.47 Å². The van der Waals surface area contributed by atoms with E-state index in [0.29, 0.717) is 5.69 Å². The smallest absolute Gasteiger partial charge is 0.270 e. The van der Waals surface area contributed by atoms with Crippen molar-refractivity contribution in [2.45, 2.75) is 13.0 Å². The molecule has 0 fully saturated rings. The molecule has 1 atom stereocenters. The molecule has 1 amide bonds. The van der Waals surface area contributed by atoms with Gasteiger partial charge in [-0.05, 0) is 34.5 Å². The second-order valence-electron chi connectivity index (χ2n) is 4.66. The highest BCUT2D eigenvalue weighted by molar-refractivity contribution is 9.10. The number of carbonyl (C=O) groups is 1. The minimum Gasteiger partial charge on any atom is -0.345 e. The summed E-state index contributed by atoms with van der Waals surface area (Å²) in [6, 6.07) is 11.9. The molecule has 0 bridgehead atoms. The fourth-order valence-electron chi connectivity index (χ4n) is 2.05. The van der Waals surface area contributed by atoms with E-state index in [1.165, 1.54) is 0 Å². The molecular weight excluding hydrogens is 304 g/mol. The Bertz CT molecular complexity index is 577. The SMILES string of the molecule is CC(c1ccccc1)N(C)C(=O)c1cc(Br)cn1C. The molecule has 4 heteroatoms. The summed E-state index contributed by atoms with van der Waals surface area (Å²) in [5, 5.41) is 0. The van der Waals surface area contributed by atoms with Gasteiger partial charge in [0, 0.05) is 24.8 Å². The third-order valence-electron chi connectivity index (χ3n) is 3.37. The molecule has 0 aliphatic heterocycles. The van der Waals surface area contributed by atoms with Gasteiger partial charge in [-0.2, -0.15) is 0 Å². The van der Waals surface area contributed by atoms with Crippen LogP contribution in [0.3, 0.4) is 0 Å². The average Bonchev–Trinajstić information content (AvgIpc) is 2.76. The van der Waals surface area contributed by atoms with Gasteiger partial charge in [0.15, 0.2) is 0 Å². The molecule has 1 heterocycles. The van der Waals surface area contributed by atoms with Gasteiger partial charge < -0.3 is 9.47 Å². The van der Waals surface area contributed by atoms with Gasteiger partial charge in [0.25, 0.3) is 5.91 Å². The third-order valence-corrected chi connectivity index (χ3v) is 3.81. The van der Waals surface area contributed by atoms with Crippen LogP contribution in [0.4, 0.5) is 0 Å². The number of rotatable bonds is 3. The minimum atomic E-state index is 0.0181. The predicted octanol–water partition coefficient (Wildman–Crippen LogP) is 3.62. The molecule has 0 saturated carbocycles. The second-order valence-corrected chi connectivity index (χ2v) is 5.57. The van der Waals surface area contributed by atoms with Gasteiger partial charge in [0.05, 0.1) is 6.04 Å². The van der Waals surface area contributed by atoms with Crippen LogP contribution >= 0.6 is 15.9 Å². The number of benzene rings is 1. The number of aryl methyl sites for hydroxylation is 1. The molecule has 1 aromatic heterocycles. The lowest BCUT2D eigenvalue weighted by atomic mass is 10.1. The van der Waals surface area contributed by atoms with E-state index in [-0.39, 0.29) is 11.9 Å². The molecule has 1 unspecified atom stereocenters. The Hall–Kier alpha value is -1.55. The van der Waals surface area contributed by atoms with Crippen molar-refractivity contribution < 1.29 is 4.79 Å². The Morgan fingerprint density at radius 2 is 1.95 bits per heavy atom. The van der Waals surface area contributed by atoms with Gasteiger partial charge in [-0.1, -0.05) is 30.3 Å². The van der Waals surface area contributed by atoms with Crippen molar-refractivity contribution in [2.75, 3.05) is 7.05 Å². The number of hydrogen-bond donors (Lipinski definition) is 0. The Morgan fingerprint density at radius 3 is 2.47 bits per heavy atom. The van der Waals surface area contributed by atoms with Crippen LogP contribution in [0.25, 0.3) is 0 Å². The van der Waals surface area contributed by atoms with Crippen LogP contribution in [-0.2, 0) is 7.05 Å². The number of amides is 1. The van der Waals surface area contributed by atoms with Crippen molar-refractivity contribution in [1.29, 1.82) is 0 Å². The number of aromatic nitrogens is 1. The van der Waals surface area contributed by atoms with E-state index in [4.69, 9.17) is 0 Å². The maximum Gasteiger partial charge on any atom is 0.270 e. The summed E-state index contributed by atoms with van der Waals surface area (Å²) in [5.74, 6) is 0.0181. The van der Waals surface area contributed by atoms with Crippen molar-refractivity contribution in [3.05, 3.63) is 58.3 Å². The molecular formula is C15H17BrN2O. The first kappa shape index (κ1) is 13.9. The number of carbonyl (C=O) groups excluding carboxylic acids is 1. The lowest BCUT2D eigenvalue weighted by Gasteiger charge is -2.25. The zero-order valence-corrected chi connectivity index (χ0v) is 12.9. The first-order valence-corrected chi connectivity index (χ1v) is 6.94. The normalized spacial score (nSPS) is 12.2. The molecule has 0 spiro atoms. The van der Waals surface area contributed by atoms with Crippen LogP contribution in [0.5, 0.6) is 0 Å². The standard InChI is InChI=1S/C15H17BrN2O/c1-11(12-7-5-4-6-8-12)18(3)15(19)14-9-13(16)10-17(14)2/h4-11H,1-3H3. The summed E-state index contributed by atoms with van der Waals surface area (Å²) in [5.41, 5.74) is 1.81. The Kier molecular flexibility index (Phi) is 4.10. The monoisotopic (exact) mass is 320 g/mol. The Balaban J connectivity index is 2.22. The lowest BCUT2D eigenvalue weighted by Crippen LogP contribution is -2.30. The van der Waals surface area contributed by atoms with Crippen LogP contribution in [-0.4, -0.2) is 22.4 Å². The molecule has 1 aromatic carbocycles. The van der Waals surface area contributed by atoms with Gasteiger partial charge in [0.2, 0.25) is 0 Å². The van der Waals surface area contributed by atoms with Gasteiger partial charge in [-0.3, -0.25) is 4.79 Å². The average molecular weight is 321 g/mol. The quantitative estimate of drug-likeness (QED) is 0.848. The molecule has 2 rings (SSSR count). The summed E-state index contributed by atoms with van der Waals surface area (Å²) < 4.78 is 2.75. The van der Waals surface area contributed by atoms with Gasteiger partial charge in [-0.15, -0.1) is 0 Å². The zero-order valence-electron chi connectivity index (χ0n) is 11.3. The van der Waals surface area contributed by atoms with E-state index < -0.39 is 0 Å². The number of halogens is 1. The van der Waals surface area contributed by atoms with Crippen LogP contribution in [0.2, 0.25) is 0 Å². The van der Waals surface area contributed by atoms with Crippen LogP contribution in [0, 0.1) is 0 Å². The van der Waals surface area contributed by atoms with Crippen molar-refractivity contribution in [3.8, 4) is 0 Å². The highest BCUT2D eigenvalue weighted by atomic mass is 79.9. The van der Waals surface area contributed by atoms with Gasteiger partial charge in [-0.25, -0.2) is 0 Å². The van der Waals surface area contributed by atoms with Gasteiger partial charge in [0.1, 0.15) is 5.69 Å². The Labute approximate surface area is 122 Å². The van der Waals surface area contributed by atoms with E-state index in [1.54, 1.807) is 4.90 Å². The van der Waals surface area contributed by atoms with Crippen LogP contribution in [0.1, 0.15) is 29.0 Å². The van der Waals surface area contributed by atoms with Gasteiger partial charge >= 0.3 is 0 Å². The highest BCUT2D eigenvalue weighted by Gasteiger charge is 2.21. The van der Waals surface area contributed by atoms with E-state index in [0.717, 1.165) is 10.0 Å². The van der Waals surface area contributed by atoms with Crippen LogP contribution < -0.4 is 0 Å². The third kappa shape index (κ3) is 2.89. The van der Waals surface area contributed by atoms with Crippen molar-refractivity contribution >= 4 is 21.8 Å². The molecule has 0 aliphatic rings. The summed E-state index contributed by atoms with van der Waals surface area (Å²) in [6.07, 6.45) is 1.88. The van der Waals surface area contributed by atoms with E-state index in [1.807, 2.05) is 68.2 Å². The number of nitrogens with zero attached hydrogens (tertiary/aromatic N) is 2. The topological polar surface area (TPSA) is 25.2 Å². The summed E-state index contributed by atoms with van der Waals surface area (Å²) >= 11 is 3.39. The van der Waals surface area contributed by atoms with E-state index in [2.05, 4.69) is 15.9 Å². The summed E-state index contributed by atoms with van der Waals surface area (Å²) in [7, 11) is 3.71. The summed E-state index contributed by atoms with van der Waals surface area (Å²) in [6.45, 7) is 2.03. The molecule has 3 nitrogen and oxygen atoms in total. The molecule has 19 heavy (non-hydrogen) atoms. The highest BCUT2D eigenvalue weighted by Crippen LogP contribution is 2.22. The molecule has 0 N–H and O–H groups in total. The zero-order chi connectivity index (χ0) is 14.0. The Morgan fingerprint density at radius 1 is 1.32 bits per heavy atom. The van der Waals surface area contributed by atoms with Crippen molar-refractivity contribution in [2.24, 2.45) is 7.05 Å².